The van der Waals surface area contributed by atoms with Crippen LogP contribution in [0.25, 0.3) is 0 Å². The summed E-state index contributed by atoms with van der Waals surface area (Å²) in [6, 6.07) is 15.3. The van der Waals surface area contributed by atoms with Crippen molar-refractivity contribution in [1.82, 2.24) is 5.48 Å². The summed E-state index contributed by atoms with van der Waals surface area (Å²) >= 11 is 0. The number of benzene rings is 2. The fraction of sp³-hybridized carbons (Fsp3) is 0.263. The highest BCUT2D eigenvalue weighted by atomic mass is 16.5. The monoisotopic (exact) mass is 339 g/mol. The SMILES string of the molecule is O=C(CCCCCN1C(=O)c2ccccc2Nc2ccccc21)NO. The van der Waals surface area contributed by atoms with E-state index in [1.165, 1.54) is 0 Å². The molecular weight excluding hydrogens is 318 g/mol. The Labute approximate surface area is 146 Å². The highest BCUT2D eigenvalue weighted by Crippen LogP contribution is 2.35. The Kier molecular flexibility index (Phi) is 5.30. The summed E-state index contributed by atoms with van der Waals surface area (Å²) in [6.45, 7) is 0.576. The molecule has 0 radical (unpaired) electrons. The van der Waals surface area contributed by atoms with Crippen molar-refractivity contribution < 1.29 is 14.8 Å². The van der Waals surface area contributed by atoms with Crippen LogP contribution in [0.1, 0.15) is 36.0 Å². The van der Waals surface area contributed by atoms with Crippen LogP contribution in [0, 0.1) is 0 Å². The molecule has 2 aromatic rings. The number of hydroxylamine groups is 1. The summed E-state index contributed by atoms with van der Waals surface area (Å²) < 4.78 is 0. The van der Waals surface area contributed by atoms with Gasteiger partial charge >= 0.3 is 0 Å². The smallest absolute Gasteiger partial charge is 0.260 e. The molecule has 130 valence electrons. The van der Waals surface area contributed by atoms with Crippen molar-refractivity contribution in [2.75, 3.05) is 16.8 Å². The summed E-state index contributed by atoms with van der Waals surface area (Å²) in [7, 11) is 0. The molecule has 0 atom stereocenters. The molecule has 6 heteroatoms. The number of hydrogen-bond acceptors (Lipinski definition) is 4. The van der Waals surface area contributed by atoms with Crippen molar-refractivity contribution in [3.8, 4) is 0 Å². The molecule has 1 heterocycles. The molecular formula is C19H21N3O3. The second-order valence-corrected chi connectivity index (χ2v) is 5.99. The fourth-order valence-electron chi connectivity index (χ4n) is 3.00. The zero-order valence-electron chi connectivity index (χ0n) is 13.9. The van der Waals surface area contributed by atoms with E-state index in [9.17, 15) is 9.59 Å². The number of nitrogens with zero attached hydrogens (tertiary/aromatic N) is 1. The minimum atomic E-state index is -0.380. The quantitative estimate of drug-likeness (QED) is 0.428. The highest BCUT2D eigenvalue weighted by molar-refractivity contribution is 6.13. The van der Waals surface area contributed by atoms with Crippen LogP contribution in [-0.2, 0) is 4.79 Å². The molecule has 0 aromatic heterocycles. The van der Waals surface area contributed by atoms with E-state index in [4.69, 9.17) is 5.21 Å². The third-order valence-corrected chi connectivity index (χ3v) is 4.28. The molecule has 2 amide bonds. The minimum absolute atomic E-state index is 0.0267. The van der Waals surface area contributed by atoms with E-state index in [0.29, 0.717) is 18.5 Å². The molecule has 25 heavy (non-hydrogen) atoms. The van der Waals surface area contributed by atoms with E-state index >= 15 is 0 Å². The second-order valence-electron chi connectivity index (χ2n) is 5.99. The maximum absolute atomic E-state index is 13.0. The van der Waals surface area contributed by atoms with Gasteiger partial charge in [-0.1, -0.05) is 30.7 Å². The summed E-state index contributed by atoms with van der Waals surface area (Å²) in [5.74, 6) is -0.407. The van der Waals surface area contributed by atoms with Gasteiger partial charge in [0.2, 0.25) is 5.91 Å². The third-order valence-electron chi connectivity index (χ3n) is 4.28. The van der Waals surface area contributed by atoms with Crippen LogP contribution >= 0.6 is 0 Å². The molecule has 2 aromatic carbocycles. The van der Waals surface area contributed by atoms with Crippen LogP contribution in [0.3, 0.4) is 0 Å². The average Bonchev–Trinajstić information content (AvgIpc) is 2.76. The number of carbonyl (C=O) groups excluding carboxylic acids is 2. The van der Waals surface area contributed by atoms with Crippen molar-refractivity contribution in [3.05, 3.63) is 54.1 Å². The molecule has 0 aliphatic carbocycles. The van der Waals surface area contributed by atoms with Gasteiger partial charge in [-0.2, -0.15) is 0 Å². The Morgan fingerprint density at radius 3 is 2.52 bits per heavy atom. The normalized spacial score (nSPS) is 12.7. The summed E-state index contributed by atoms with van der Waals surface area (Å²) in [5, 5.41) is 11.8. The average molecular weight is 339 g/mol. The first-order chi connectivity index (χ1) is 12.2. The van der Waals surface area contributed by atoms with Crippen LogP contribution in [0.5, 0.6) is 0 Å². The summed E-state index contributed by atoms with van der Waals surface area (Å²) in [6.07, 6.45) is 2.53. The summed E-state index contributed by atoms with van der Waals surface area (Å²) in [5.41, 5.74) is 4.85. The van der Waals surface area contributed by atoms with Gasteiger partial charge in [-0.3, -0.25) is 14.8 Å². The number of amides is 2. The van der Waals surface area contributed by atoms with E-state index < -0.39 is 0 Å². The van der Waals surface area contributed by atoms with Gasteiger partial charge in [0.25, 0.3) is 5.91 Å². The van der Waals surface area contributed by atoms with Gasteiger partial charge in [0.15, 0.2) is 0 Å². The molecule has 0 saturated carbocycles. The van der Waals surface area contributed by atoms with Gasteiger partial charge in [-0.25, -0.2) is 5.48 Å². The fourth-order valence-corrected chi connectivity index (χ4v) is 3.00. The lowest BCUT2D eigenvalue weighted by Crippen LogP contribution is -2.31. The van der Waals surface area contributed by atoms with Crippen molar-refractivity contribution >= 4 is 28.9 Å². The van der Waals surface area contributed by atoms with Gasteiger partial charge in [-0.05, 0) is 37.1 Å². The van der Waals surface area contributed by atoms with Gasteiger partial charge in [0.1, 0.15) is 0 Å². The van der Waals surface area contributed by atoms with Crippen molar-refractivity contribution in [1.29, 1.82) is 0 Å². The van der Waals surface area contributed by atoms with E-state index in [2.05, 4.69) is 5.32 Å². The molecule has 0 spiro atoms. The molecule has 3 rings (SSSR count). The number of unbranched alkanes of at least 4 members (excludes halogenated alkanes) is 2. The molecule has 1 aliphatic rings. The van der Waals surface area contributed by atoms with Crippen LogP contribution in [0.4, 0.5) is 17.1 Å². The maximum Gasteiger partial charge on any atom is 0.260 e. The molecule has 3 N–H and O–H groups in total. The zero-order chi connectivity index (χ0) is 17.6. The molecule has 0 saturated heterocycles. The Balaban J connectivity index is 1.75. The molecule has 1 aliphatic heterocycles. The molecule has 0 unspecified atom stereocenters. The van der Waals surface area contributed by atoms with Gasteiger partial charge in [0, 0.05) is 13.0 Å². The Bertz CT molecular complexity index is 776. The van der Waals surface area contributed by atoms with Gasteiger partial charge in [-0.15, -0.1) is 0 Å². The second kappa shape index (κ2) is 7.81. The lowest BCUT2D eigenvalue weighted by atomic mass is 10.1. The van der Waals surface area contributed by atoms with Crippen molar-refractivity contribution in [2.45, 2.75) is 25.7 Å². The van der Waals surface area contributed by atoms with Crippen LogP contribution in [0.2, 0.25) is 0 Å². The Morgan fingerprint density at radius 2 is 1.72 bits per heavy atom. The number of carbonyl (C=O) groups is 2. The lowest BCUT2D eigenvalue weighted by Gasteiger charge is -2.22. The van der Waals surface area contributed by atoms with E-state index in [1.54, 1.807) is 10.4 Å². The molecule has 6 nitrogen and oxygen atoms in total. The Hall–Kier alpha value is -2.86. The maximum atomic E-state index is 13.0. The van der Waals surface area contributed by atoms with Gasteiger partial charge < -0.3 is 10.2 Å². The van der Waals surface area contributed by atoms with E-state index in [1.807, 2.05) is 48.5 Å². The first-order valence-electron chi connectivity index (χ1n) is 8.40. The Morgan fingerprint density at radius 1 is 1.00 bits per heavy atom. The van der Waals surface area contributed by atoms with Crippen LogP contribution in [-0.4, -0.2) is 23.6 Å². The third kappa shape index (κ3) is 3.80. The molecule has 0 bridgehead atoms. The number of fused-ring (bicyclic) bond motifs is 2. The summed E-state index contributed by atoms with van der Waals surface area (Å²) in [4.78, 5) is 25.8. The predicted octanol–water partition coefficient (Wildman–Crippen LogP) is 3.46. The number of nitrogens with one attached hydrogen (secondary N) is 2. The van der Waals surface area contributed by atoms with E-state index in [0.717, 1.165) is 29.9 Å². The lowest BCUT2D eigenvalue weighted by molar-refractivity contribution is -0.129. The first kappa shape index (κ1) is 17.0. The number of hydrogen-bond donors (Lipinski definition) is 3. The standard InChI is InChI=1S/C19H21N3O3/c23-18(21-25)12-2-1-7-13-22-17-11-6-5-10-16(17)20-15-9-4-3-8-14(15)19(22)24/h3-6,8-11,20,25H,1-2,7,12-13H2,(H,21,23). The van der Waals surface area contributed by atoms with Crippen LogP contribution < -0.4 is 15.7 Å². The van der Waals surface area contributed by atoms with Gasteiger partial charge in [0.05, 0.1) is 22.6 Å². The number of para-hydroxylation sites is 3. The van der Waals surface area contributed by atoms with E-state index in [-0.39, 0.29) is 18.2 Å². The highest BCUT2D eigenvalue weighted by Gasteiger charge is 2.25. The molecule has 0 fully saturated rings. The largest absolute Gasteiger partial charge is 0.353 e. The number of anilines is 3. The predicted molar refractivity (Wildman–Crippen MR) is 96.2 cm³/mol. The van der Waals surface area contributed by atoms with Crippen LogP contribution in [0.15, 0.2) is 48.5 Å². The van der Waals surface area contributed by atoms with Crippen molar-refractivity contribution in [3.63, 3.8) is 0 Å². The first-order valence-corrected chi connectivity index (χ1v) is 8.40. The minimum Gasteiger partial charge on any atom is -0.353 e. The topological polar surface area (TPSA) is 81.7 Å². The van der Waals surface area contributed by atoms with Crippen molar-refractivity contribution in [2.24, 2.45) is 0 Å². The number of rotatable bonds is 6. The zero-order valence-corrected chi connectivity index (χ0v) is 13.9.